The number of fused-ring (bicyclic) bond motifs is 1. The zero-order valence-corrected chi connectivity index (χ0v) is 17.0. The zero-order chi connectivity index (χ0) is 19.1. The number of nitrogens with one attached hydrogen (secondary N) is 1. The monoisotopic (exact) mass is 415 g/mol. The van der Waals surface area contributed by atoms with Crippen molar-refractivity contribution in [2.75, 3.05) is 0 Å². The summed E-state index contributed by atoms with van der Waals surface area (Å²) in [5.41, 5.74) is 3.76. The van der Waals surface area contributed by atoms with Gasteiger partial charge in [-0.3, -0.25) is 4.79 Å². The number of carbonyl (C=O) groups is 1. The molecular weight excluding hydrogens is 401 g/mol. The lowest BCUT2D eigenvalue weighted by atomic mass is 10.1. The van der Waals surface area contributed by atoms with Crippen LogP contribution in [-0.2, 0) is 6.42 Å². The fourth-order valence-corrected chi connectivity index (χ4v) is 4.39. The molecule has 4 rings (SSSR count). The molecule has 2 heterocycles. The summed E-state index contributed by atoms with van der Waals surface area (Å²) in [4.78, 5) is 26.0. The summed E-state index contributed by atoms with van der Waals surface area (Å²) in [6.07, 6.45) is 0.294. The number of nitrogens with zero attached hydrogens (tertiary/aromatic N) is 2. The lowest BCUT2D eigenvalue weighted by Gasteiger charge is -2.02. The van der Waals surface area contributed by atoms with Crippen LogP contribution >= 0.6 is 34.5 Å². The molecule has 0 aliphatic heterocycles. The molecule has 0 atom stereocenters. The lowest BCUT2D eigenvalue weighted by Crippen LogP contribution is -2.03. The Morgan fingerprint density at radius 2 is 1.85 bits per heavy atom. The molecule has 0 aliphatic rings. The lowest BCUT2D eigenvalue weighted by molar-refractivity contribution is 0.0993. The minimum Gasteiger partial charge on any atom is -0.338 e. The van der Waals surface area contributed by atoms with Crippen LogP contribution in [0.5, 0.6) is 0 Å². The molecule has 27 heavy (non-hydrogen) atoms. The molecule has 136 valence electrons. The van der Waals surface area contributed by atoms with Crippen LogP contribution in [0.4, 0.5) is 0 Å². The van der Waals surface area contributed by atoms with Crippen molar-refractivity contribution in [3.05, 3.63) is 67.6 Å². The van der Waals surface area contributed by atoms with Crippen LogP contribution < -0.4 is 0 Å². The van der Waals surface area contributed by atoms with Crippen molar-refractivity contribution in [3.8, 4) is 11.4 Å². The molecule has 4 nitrogen and oxygen atoms in total. The van der Waals surface area contributed by atoms with Crippen molar-refractivity contribution in [2.45, 2.75) is 20.3 Å². The maximum absolute atomic E-state index is 12.7. The van der Waals surface area contributed by atoms with E-state index >= 15 is 0 Å². The topological polar surface area (TPSA) is 58.6 Å². The van der Waals surface area contributed by atoms with Gasteiger partial charge < -0.3 is 4.98 Å². The van der Waals surface area contributed by atoms with Crippen LogP contribution in [0.15, 0.2) is 36.4 Å². The van der Waals surface area contributed by atoms with Crippen LogP contribution in [0.1, 0.15) is 25.9 Å². The highest BCUT2D eigenvalue weighted by molar-refractivity contribution is 7.11. The number of ketones is 1. The van der Waals surface area contributed by atoms with Crippen molar-refractivity contribution >= 4 is 51.4 Å². The number of imidazole rings is 1. The van der Waals surface area contributed by atoms with E-state index in [0.717, 1.165) is 26.6 Å². The summed E-state index contributed by atoms with van der Waals surface area (Å²) >= 11 is 14.1. The number of aryl methyl sites for hydroxylation is 2. The largest absolute Gasteiger partial charge is 0.338 e. The maximum Gasteiger partial charge on any atom is 0.169 e. The molecule has 0 unspecified atom stereocenters. The Bertz CT molecular complexity index is 1140. The fourth-order valence-electron chi connectivity index (χ4n) is 2.88. The molecule has 0 saturated carbocycles. The van der Waals surface area contributed by atoms with Gasteiger partial charge in [-0.05, 0) is 44.2 Å². The first kappa shape index (κ1) is 18.2. The SMILES string of the molecule is Cc1nc(CC(=O)c2ccc3nc(-c4c(Cl)cccc4Cl)[nH]c3c2)sc1C. The zero-order valence-electron chi connectivity index (χ0n) is 14.6. The van der Waals surface area contributed by atoms with E-state index in [2.05, 4.69) is 15.0 Å². The molecule has 0 fully saturated rings. The normalized spacial score (nSPS) is 11.3. The molecule has 7 heteroatoms. The molecule has 1 N–H and O–H groups in total. The molecule has 2 aromatic carbocycles. The average molecular weight is 416 g/mol. The summed E-state index contributed by atoms with van der Waals surface area (Å²) in [7, 11) is 0. The number of H-pyrrole nitrogens is 1. The third kappa shape index (κ3) is 3.50. The second kappa shape index (κ2) is 7.08. The minimum absolute atomic E-state index is 0.0255. The first-order valence-corrected chi connectivity index (χ1v) is 9.90. The van der Waals surface area contributed by atoms with Gasteiger partial charge in [0.1, 0.15) is 10.8 Å². The van der Waals surface area contributed by atoms with Crippen molar-refractivity contribution in [1.29, 1.82) is 0 Å². The molecule has 0 spiro atoms. The van der Waals surface area contributed by atoms with E-state index in [0.29, 0.717) is 33.4 Å². The van der Waals surface area contributed by atoms with E-state index in [1.54, 1.807) is 35.6 Å². The Hall–Kier alpha value is -2.21. The molecule has 0 aliphatic carbocycles. The number of carbonyl (C=O) groups excluding carboxylic acids is 1. The van der Waals surface area contributed by atoms with Crippen LogP contribution in [0, 0.1) is 13.8 Å². The number of rotatable bonds is 4. The van der Waals surface area contributed by atoms with Crippen molar-refractivity contribution in [2.24, 2.45) is 0 Å². The summed E-state index contributed by atoms with van der Waals surface area (Å²) in [5.74, 6) is 0.606. The van der Waals surface area contributed by atoms with Crippen molar-refractivity contribution in [1.82, 2.24) is 15.0 Å². The molecule has 0 amide bonds. The highest BCUT2D eigenvalue weighted by Gasteiger charge is 2.15. The fraction of sp³-hybridized carbons (Fsp3) is 0.150. The Kier molecular flexibility index (Phi) is 4.76. The van der Waals surface area contributed by atoms with Gasteiger partial charge in [-0.25, -0.2) is 9.97 Å². The smallest absolute Gasteiger partial charge is 0.169 e. The second-order valence-corrected chi connectivity index (χ2v) is 8.37. The Morgan fingerprint density at radius 3 is 2.52 bits per heavy atom. The molecule has 0 radical (unpaired) electrons. The van der Waals surface area contributed by atoms with E-state index in [-0.39, 0.29) is 5.78 Å². The number of aromatic nitrogens is 3. The van der Waals surface area contributed by atoms with Crippen LogP contribution in [-0.4, -0.2) is 20.7 Å². The summed E-state index contributed by atoms with van der Waals surface area (Å²) in [6.45, 7) is 3.97. The van der Waals surface area contributed by atoms with Gasteiger partial charge in [-0.1, -0.05) is 29.3 Å². The van der Waals surface area contributed by atoms with Crippen molar-refractivity contribution in [3.63, 3.8) is 0 Å². The Balaban J connectivity index is 1.67. The molecule has 0 bridgehead atoms. The maximum atomic E-state index is 12.7. The summed E-state index contributed by atoms with van der Waals surface area (Å²) in [5, 5.41) is 1.88. The third-order valence-corrected chi connectivity index (χ3v) is 6.09. The van der Waals surface area contributed by atoms with Gasteiger partial charge >= 0.3 is 0 Å². The standard InChI is InChI=1S/C20H15Cl2N3OS/c1-10-11(2)27-18(23-10)9-17(26)12-6-7-15-16(8-12)25-20(24-15)19-13(21)4-3-5-14(19)22/h3-8H,9H2,1-2H3,(H,24,25). The van der Waals surface area contributed by atoms with Gasteiger partial charge in [0.15, 0.2) is 5.78 Å². The Morgan fingerprint density at radius 1 is 1.11 bits per heavy atom. The van der Waals surface area contributed by atoms with E-state index in [1.807, 2.05) is 26.0 Å². The van der Waals surface area contributed by atoms with Gasteiger partial charge in [0.05, 0.1) is 38.8 Å². The first-order chi connectivity index (χ1) is 12.9. The highest BCUT2D eigenvalue weighted by Crippen LogP contribution is 2.34. The molecule has 0 saturated heterocycles. The number of hydrogen-bond donors (Lipinski definition) is 1. The summed E-state index contributed by atoms with van der Waals surface area (Å²) < 4.78 is 0. The Labute approximate surface area is 170 Å². The van der Waals surface area contributed by atoms with Gasteiger partial charge in [-0.15, -0.1) is 11.3 Å². The van der Waals surface area contributed by atoms with E-state index in [9.17, 15) is 4.79 Å². The third-order valence-electron chi connectivity index (χ3n) is 4.39. The average Bonchev–Trinajstić information content (AvgIpc) is 3.17. The van der Waals surface area contributed by atoms with Crippen LogP contribution in [0.25, 0.3) is 22.4 Å². The van der Waals surface area contributed by atoms with E-state index in [1.165, 1.54) is 0 Å². The first-order valence-electron chi connectivity index (χ1n) is 8.32. The number of aromatic amines is 1. The molecule has 4 aromatic rings. The predicted molar refractivity (Wildman–Crippen MR) is 111 cm³/mol. The van der Waals surface area contributed by atoms with Crippen LogP contribution in [0.3, 0.4) is 0 Å². The highest BCUT2D eigenvalue weighted by atomic mass is 35.5. The van der Waals surface area contributed by atoms with Crippen molar-refractivity contribution < 1.29 is 4.79 Å². The van der Waals surface area contributed by atoms with Gasteiger partial charge in [-0.2, -0.15) is 0 Å². The van der Waals surface area contributed by atoms with Crippen LogP contribution in [0.2, 0.25) is 10.0 Å². The summed E-state index contributed by atoms with van der Waals surface area (Å²) in [6, 6.07) is 10.7. The number of benzene rings is 2. The van der Waals surface area contributed by atoms with E-state index in [4.69, 9.17) is 23.2 Å². The van der Waals surface area contributed by atoms with Gasteiger partial charge in [0.25, 0.3) is 0 Å². The molecule has 2 aromatic heterocycles. The van der Waals surface area contributed by atoms with Gasteiger partial charge in [0, 0.05) is 10.4 Å². The number of hydrogen-bond acceptors (Lipinski definition) is 4. The number of Topliss-reactive ketones (excluding diaryl/α,β-unsaturated/α-hetero) is 1. The predicted octanol–water partition coefficient (Wildman–Crippen LogP) is 6.04. The second-order valence-electron chi connectivity index (χ2n) is 6.26. The quantitative estimate of drug-likeness (QED) is 0.413. The van der Waals surface area contributed by atoms with Gasteiger partial charge in [0.2, 0.25) is 0 Å². The number of thiazole rings is 1. The minimum atomic E-state index is 0.0255. The molecular formula is C20H15Cl2N3OS. The number of halogens is 2. The van der Waals surface area contributed by atoms with E-state index < -0.39 is 0 Å².